The van der Waals surface area contributed by atoms with Crippen LogP contribution in [0.1, 0.15) is 11.1 Å². The molecule has 0 spiro atoms. The van der Waals surface area contributed by atoms with Crippen molar-refractivity contribution in [2.24, 2.45) is 0 Å². The molecule has 10 heavy (non-hydrogen) atoms. The Morgan fingerprint density at radius 1 is 1.50 bits per heavy atom. The minimum absolute atomic E-state index is 0.900. The minimum atomic E-state index is 0.900. The maximum Gasteiger partial charge on any atom is 0.000784 e. The zero-order chi connectivity index (χ0) is 7.40. The third-order valence-electron chi connectivity index (χ3n) is 1.40. The SMILES string of the molecule is Cc1cccc(CC=S)c1. The average molecular weight is 150 g/mol. The zero-order valence-electron chi connectivity index (χ0n) is 6.00. The Kier molecular flexibility index (Phi) is 2.57. The molecule has 0 amide bonds. The molecule has 0 heterocycles. The first kappa shape index (κ1) is 7.42. The first-order valence-electron chi connectivity index (χ1n) is 3.32. The molecule has 0 aliphatic rings. The molecule has 1 aromatic rings. The molecular formula is C9H10S. The van der Waals surface area contributed by atoms with Crippen LogP contribution in [0.15, 0.2) is 24.3 Å². The number of benzene rings is 1. The second-order valence-corrected chi connectivity index (χ2v) is 2.69. The van der Waals surface area contributed by atoms with E-state index >= 15 is 0 Å². The molecule has 0 aliphatic heterocycles. The summed E-state index contributed by atoms with van der Waals surface area (Å²) in [5, 5.41) is 1.76. The van der Waals surface area contributed by atoms with Gasteiger partial charge >= 0.3 is 0 Å². The normalized spacial score (nSPS) is 9.30. The second-order valence-electron chi connectivity index (χ2n) is 2.36. The lowest BCUT2D eigenvalue weighted by Crippen LogP contribution is -1.83. The van der Waals surface area contributed by atoms with Gasteiger partial charge in [0.1, 0.15) is 0 Å². The highest BCUT2D eigenvalue weighted by molar-refractivity contribution is 7.78. The maximum absolute atomic E-state index is 4.75. The van der Waals surface area contributed by atoms with Crippen molar-refractivity contribution >= 4 is 17.6 Å². The number of hydrogen-bond acceptors (Lipinski definition) is 1. The summed E-state index contributed by atoms with van der Waals surface area (Å²) < 4.78 is 0. The lowest BCUT2D eigenvalue weighted by Gasteiger charge is -1.95. The van der Waals surface area contributed by atoms with Gasteiger partial charge in [-0.2, -0.15) is 0 Å². The highest BCUT2D eigenvalue weighted by Crippen LogP contribution is 2.02. The predicted molar refractivity (Wildman–Crippen MR) is 48.5 cm³/mol. The summed E-state index contributed by atoms with van der Waals surface area (Å²) in [6.45, 7) is 2.09. The summed E-state index contributed by atoms with van der Waals surface area (Å²) in [5.41, 5.74) is 2.60. The van der Waals surface area contributed by atoms with Gasteiger partial charge in [0.05, 0.1) is 0 Å². The average Bonchev–Trinajstić information content (AvgIpc) is 1.88. The summed E-state index contributed by atoms with van der Waals surface area (Å²) in [7, 11) is 0. The monoisotopic (exact) mass is 150 g/mol. The van der Waals surface area contributed by atoms with E-state index in [1.54, 1.807) is 5.37 Å². The summed E-state index contributed by atoms with van der Waals surface area (Å²) in [6, 6.07) is 8.40. The van der Waals surface area contributed by atoms with Crippen molar-refractivity contribution in [2.75, 3.05) is 0 Å². The van der Waals surface area contributed by atoms with Crippen LogP contribution in [0.25, 0.3) is 0 Å². The molecule has 0 atom stereocenters. The van der Waals surface area contributed by atoms with Crippen LogP contribution in [-0.4, -0.2) is 5.37 Å². The van der Waals surface area contributed by atoms with Crippen molar-refractivity contribution in [2.45, 2.75) is 13.3 Å². The molecule has 0 fully saturated rings. The summed E-state index contributed by atoms with van der Waals surface area (Å²) in [4.78, 5) is 0. The highest BCUT2D eigenvalue weighted by atomic mass is 32.1. The van der Waals surface area contributed by atoms with E-state index in [1.165, 1.54) is 11.1 Å². The molecule has 0 saturated heterocycles. The fourth-order valence-electron chi connectivity index (χ4n) is 0.935. The van der Waals surface area contributed by atoms with E-state index < -0.39 is 0 Å². The van der Waals surface area contributed by atoms with Gasteiger partial charge in [-0.3, -0.25) is 0 Å². The van der Waals surface area contributed by atoms with Crippen LogP contribution < -0.4 is 0 Å². The molecule has 0 bridgehead atoms. The highest BCUT2D eigenvalue weighted by Gasteiger charge is 1.87. The van der Waals surface area contributed by atoms with Gasteiger partial charge in [-0.25, -0.2) is 0 Å². The fourth-order valence-corrected chi connectivity index (χ4v) is 1.13. The number of rotatable bonds is 2. The third-order valence-corrected chi connectivity index (χ3v) is 1.57. The van der Waals surface area contributed by atoms with E-state index in [2.05, 4.69) is 31.2 Å². The van der Waals surface area contributed by atoms with Gasteiger partial charge in [-0.15, -0.1) is 0 Å². The van der Waals surface area contributed by atoms with Crippen LogP contribution in [0.3, 0.4) is 0 Å². The lowest BCUT2D eigenvalue weighted by molar-refractivity contribution is 1.33. The van der Waals surface area contributed by atoms with Crippen LogP contribution in [0.5, 0.6) is 0 Å². The van der Waals surface area contributed by atoms with Gasteiger partial charge in [-0.05, 0) is 17.9 Å². The van der Waals surface area contributed by atoms with Crippen molar-refractivity contribution < 1.29 is 0 Å². The number of hydrogen-bond donors (Lipinski definition) is 0. The molecule has 0 unspecified atom stereocenters. The van der Waals surface area contributed by atoms with E-state index in [0.29, 0.717) is 0 Å². The molecule has 1 aromatic carbocycles. The van der Waals surface area contributed by atoms with Crippen LogP contribution in [0.2, 0.25) is 0 Å². The molecule has 0 radical (unpaired) electrons. The second kappa shape index (κ2) is 3.47. The van der Waals surface area contributed by atoms with Crippen molar-refractivity contribution in [1.29, 1.82) is 0 Å². The van der Waals surface area contributed by atoms with Crippen molar-refractivity contribution in [1.82, 2.24) is 0 Å². The van der Waals surface area contributed by atoms with Crippen molar-refractivity contribution in [3.63, 3.8) is 0 Å². The predicted octanol–water partition coefficient (Wildman–Crippen LogP) is 2.54. The zero-order valence-corrected chi connectivity index (χ0v) is 6.82. The van der Waals surface area contributed by atoms with E-state index in [0.717, 1.165) is 6.42 Å². The van der Waals surface area contributed by atoms with Gasteiger partial charge in [0, 0.05) is 6.42 Å². The van der Waals surface area contributed by atoms with Crippen LogP contribution in [0.4, 0.5) is 0 Å². The number of thiocarbonyl (C=S) groups is 1. The van der Waals surface area contributed by atoms with E-state index in [9.17, 15) is 0 Å². The van der Waals surface area contributed by atoms with Gasteiger partial charge in [0.25, 0.3) is 0 Å². The Morgan fingerprint density at radius 3 is 2.90 bits per heavy atom. The minimum Gasteiger partial charge on any atom is -0.0931 e. The Labute approximate surface area is 66.9 Å². The first-order valence-corrected chi connectivity index (χ1v) is 3.79. The Bertz CT molecular complexity index is 228. The van der Waals surface area contributed by atoms with Crippen LogP contribution >= 0.6 is 12.2 Å². The summed E-state index contributed by atoms with van der Waals surface area (Å²) >= 11 is 4.75. The van der Waals surface area contributed by atoms with Crippen LogP contribution in [0, 0.1) is 6.92 Å². The molecule has 1 rings (SSSR count). The standard InChI is InChI=1S/C9H10S/c1-8-3-2-4-9(7-8)5-6-10/h2-4,6-7H,5H2,1H3. The van der Waals surface area contributed by atoms with E-state index in [4.69, 9.17) is 12.2 Å². The summed E-state index contributed by atoms with van der Waals surface area (Å²) in [5.74, 6) is 0. The van der Waals surface area contributed by atoms with Crippen LogP contribution in [-0.2, 0) is 6.42 Å². The van der Waals surface area contributed by atoms with E-state index in [-0.39, 0.29) is 0 Å². The summed E-state index contributed by atoms with van der Waals surface area (Å²) in [6.07, 6.45) is 0.900. The largest absolute Gasteiger partial charge is 0.0931 e. The third kappa shape index (κ3) is 1.92. The quantitative estimate of drug-likeness (QED) is 0.584. The Morgan fingerprint density at radius 2 is 2.30 bits per heavy atom. The fraction of sp³-hybridized carbons (Fsp3) is 0.222. The van der Waals surface area contributed by atoms with Crippen molar-refractivity contribution in [3.05, 3.63) is 35.4 Å². The molecular weight excluding hydrogens is 140 g/mol. The molecule has 1 heteroatoms. The van der Waals surface area contributed by atoms with Gasteiger partial charge in [-0.1, -0.05) is 42.0 Å². The Hall–Kier alpha value is -0.690. The number of aryl methyl sites for hydroxylation is 1. The van der Waals surface area contributed by atoms with E-state index in [1.807, 2.05) is 0 Å². The molecule has 52 valence electrons. The molecule has 0 aromatic heterocycles. The van der Waals surface area contributed by atoms with Gasteiger partial charge in [0.2, 0.25) is 0 Å². The van der Waals surface area contributed by atoms with Gasteiger partial charge in [0.15, 0.2) is 0 Å². The molecule has 0 saturated carbocycles. The molecule has 0 aliphatic carbocycles. The maximum atomic E-state index is 4.75. The first-order chi connectivity index (χ1) is 4.83. The lowest BCUT2D eigenvalue weighted by atomic mass is 10.1. The van der Waals surface area contributed by atoms with Gasteiger partial charge < -0.3 is 0 Å². The Balaban J connectivity index is 2.84. The smallest absolute Gasteiger partial charge is 0.000784 e. The molecule has 0 N–H and O–H groups in total. The van der Waals surface area contributed by atoms with Crippen molar-refractivity contribution in [3.8, 4) is 0 Å². The molecule has 0 nitrogen and oxygen atoms in total. The topological polar surface area (TPSA) is 0 Å².